The molecule has 172 valence electrons. The molecule has 0 aliphatic rings. The van der Waals surface area contributed by atoms with Crippen LogP contribution in [0, 0.1) is 5.82 Å². The third kappa shape index (κ3) is 6.38. The molecule has 0 aliphatic heterocycles. The predicted octanol–water partition coefficient (Wildman–Crippen LogP) is 3.88. The summed E-state index contributed by atoms with van der Waals surface area (Å²) in [7, 11) is -2.02. The second-order valence-electron chi connectivity index (χ2n) is 7.23. The highest BCUT2D eigenvalue weighted by molar-refractivity contribution is 7.89. The van der Waals surface area contributed by atoms with Crippen LogP contribution in [-0.4, -0.2) is 56.3 Å². The van der Waals surface area contributed by atoms with Gasteiger partial charge in [0, 0.05) is 31.5 Å². The zero-order valence-electron chi connectivity index (χ0n) is 18.3. The number of halogens is 1. The quantitative estimate of drug-likeness (QED) is 0.414. The van der Waals surface area contributed by atoms with E-state index < -0.39 is 10.0 Å². The molecule has 3 aromatic rings. The number of aromatic amines is 1. The highest BCUT2D eigenvalue weighted by Gasteiger charge is 2.20. The number of hydrogen-bond donors (Lipinski definition) is 1. The molecule has 0 saturated heterocycles. The highest BCUT2D eigenvalue weighted by Crippen LogP contribution is 2.21. The zero-order chi connectivity index (χ0) is 23.0. The molecule has 7 nitrogen and oxygen atoms in total. The molecular formula is C23H28FN3O4S. The Labute approximate surface area is 188 Å². The van der Waals surface area contributed by atoms with E-state index in [0.717, 1.165) is 17.0 Å². The first-order valence-electron chi connectivity index (χ1n) is 10.5. The SMILES string of the molecule is CCOCCOc1ccc(S(=O)(=O)N(C)CCCc2cc(-c3ccc(F)cc3)n[nH]2)cc1. The molecule has 9 heteroatoms. The van der Waals surface area contributed by atoms with Crippen LogP contribution >= 0.6 is 0 Å². The molecule has 3 rings (SSSR count). The average molecular weight is 462 g/mol. The molecule has 0 amide bonds. The van der Waals surface area contributed by atoms with Gasteiger partial charge in [-0.25, -0.2) is 17.1 Å². The van der Waals surface area contributed by atoms with Gasteiger partial charge in [0.15, 0.2) is 0 Å². The summed E-state index contributed by atoms with van der Waals surface area (Å²) in [6.07, 6.45) is 1.26. The van der Waals surface area contributed by atoms with E-state index in [0.29, 0.717) is 45.0 Å². The summed E-state index contributed by atoms with van der Waals surface area (Å²) in [4.78, 5) is 0.220. The summed E-state index contributed by atoms with van der Waals surface area (Å²) in [6.45, 7) is 3.80. The van der Waals surface area contributed by atoms with Gasteiger partial charge in [0.1, 0.15) is 18.2 Å². The predicted molar refractivity (Wildman–Crippen MR) is 121 cm³/mol. The monoisotopic (exact) mass is 461 g/mol. The van der Waals surface area contributed by atoms with Crippen molar-refractivity contribution in [1.29, 1.82) is 0 Å². The van der Waals surface area contributed by atoms with Gasteiger partial charge < -0.3 is 9.47 Å². The molecule has 0 unspecified atom stereocenters. The van der Waals surface area contributed by atoms with Crippen LogP contribution in [-0.2, 0) is 21.2 Å². The van der Waals surface area contributed by atoms with Gasteiger partial charge in [0.2, 0.25) is 10.0 Å². The fourth-order valence-electron chi connectivity index (χ4n) is 3.12. The lowest BCUT2D eigenvalue weighted by Crippen LogP contribution is -2.28. The minimum Gasteiger partial charge on any atom is -0.491 e. The highest BCUT2D eigenvalue weighted by atomic mass is 32.2. The second-order valence-corrected chi connectivity index (χ2v) is 9.28. The summed E-state index contributed by atoms with van der Waals surface area (Å²) in [6, 6.07) is 14.4. The van der Waals surface area contributed by atoms with Gasteiger partial charge >= 0.3 is 0 Å². The molecule has 0 spiro atoms. The molecule has 2 aromatic carbocycles. The number of nitrogens with one attached hydrogen (secondary N) is 1. The Morgan fingerprint density at radius 2 is 1.78 bits per heavy atom. The summed E-state index contributed by atoms with van der Waals surface area (Å²) in [5.41, 5.74) is 2.44. The lowest BCUT2D eigenvalue weighted by Gasteiger charge is -2.17. The Bertz CT molecular complexity index is 1080. The van der Waals surface area contributed by atoms with E-state index in [1.165, 1.54) is 16.4 Å². The van der Waals surface area contributed by atoms with Gasteiger partial charge in [-0.2, -0.15) is 5.10 Å². The molecule has 0 atom stereocenters. The third-order valence-corrected chi connectivity index (χ3v) is 6.79. The van der Waals surface area contributed by atoms with Crippen LogP contribution in [0.5, 0.6) is 5.75 Å². The van der Waals surface area contributed by atoms with Gasteiger partial charge in [-0.3, -0.25) is 5.10 Å². The maximum atomic E-state index is 13.1. The van der Waals surface area contributed by atoms with E-state index in [-0.39, 0.29) is 10.7 Å². The van der Waals surface area contributed by atoms with Gasteiger partial charge in [0.05, 0.1) is 17.2 Å². The van der Waals surface area contributed by atoms with Gasteiger partial charge in [-0.15, -0.1) is 0 Å². The number of benzene rings is 2. The lowest BCUT2D eigenvalue weighted by molar-refractivity contribution is 0.110. The van der Waals surface area contributed by atoms with Crippen LogP contribution in [0.1, 0.15) is 19.0 Å². The van der Waals surface area contributed by atoms with Crippen LogP contribution in [0.2, 0.25) is 0 Å². The van der Waals surface area contributed by atoms with E-state index in [9.17, 15) is 12.8 Å². The van der Waals surface area contributed by atoms with Crippen molar-refractivity contribution in [3.63, 3.8) is 0 Å². The van der Waals surface area contributed by atoms with Crippen molar-refractivity contribution in [2.24, 2.45) is 0 Å². The molecule has 1 aromatic heterocycles. The second kappa shape index (κ2) is 11.2. The van der Waals surface area contributed by atoms with Gasteiger partial charge in [0.25, 0.3) is 0 Å². The number of ether oxygens (including phenoxy) is 2. The van der Waals surface area contributed by atoms with Crippen molar-refractivity contribution >= 4 is 10.0 Å². The lowest BCUT2D eigenvalue weighted by atomic mass is 10.1. The molecule has 0 saturated carbocycles. The van der Waals surface area contributed by atoms with Gasteiger partial charge in [-0.05, 0) is 74.4 Å². The maximum absolute atomic E-state index is 13.1. The normalized spacial score (nSPS) is 11.8. The first-order chi connectivity index (χ1) is 15.4. The molecule has 0 radical (unpaired) electrons. The largest absolute Gasteiger partial charge is 0.491 e. The minimum atomic E-state index is -3.59. The summed E-state index contributed by atoms with van der Waals surface area (Å²) < 4.78 is 50.8. The average Bonchev–Trinajstić information content (AvgIpc) is 3.26. The molecule has 1 heterocycles. The Morgan fingerprint density at radius 3 is 2.47 bits per heavy atom. The van der Waals surface area contributed by atoms with Gasteiger partial charge in [-0.1, -0.05) is 0 Å². The Balaban J connectivity index is 1.50. The number of nitrogens with zero attached hydrogens (tertiary/aromatic N) is 2. The fraction of sp³-hybridized carbons (Fsp3) is 0.348. The number of aryl methyl sites for hydroxylation is 1. The Kier molecular flexibility index (Phi) is 8.38. The molecular weight excluding hydrogens is 433 g/mol. The molecule has 0 bridgehead atoms. The summed E-state index contributed by atoms with van der Waals surface area (Å²) >= 11 is 0. The van der Waals surface area contributed by atoms with Crippen LogP contribution in [0.25, 0.3) is 11.3 Å². The summed E-state index contributed by atoms with van der Waals surface area (Å²) in [5.74, 6) is 0.306. The standard InChI is InChI=1S/C23H28FN3O4S/c1-3-30-15-16-31-21-10-12-22(13-11-21)32(28,29)27(2)14-4-5-20-17-23(26-25-20)18-6-8-19(24)9-7-18/h6-13,17H,3-5,14-16H2,1-2H3,(H,25,26). The van der Waals surface area contributed by atoms with Crippen molar-refractivity contribution < 1.29 is 22.3 Å². The van der Waals surface area contributed by atoms with Crippen molar-refractivity contribution in [3.05, 3.63) is 66.1 Å². The molecule has 32 heavy (non-hydrogen) atoms. The first kappa shape index (κ1) is 23.9. The van der Waals surface area contributed by atoms with Crippen molar-refractivity contribution in [1.82, 2.24) is 14.5 Å². The number of rotatable bonds is 12. The fourth-order valence-corrected chi connectivity index (χ4v) is 4.33. The number of H-pyrrole nitrogens is 1. The zero-order valence-corrected chi connectivity index (χ0v) is 19.1. The Morgan fingerprint density at radius 1 is 1.06 bits per heavy atom. The van der Waals surface area contributed by atoms with E-state index >= 15 is 0 Å². The first-order valence-corrected chi connectivity index (χ1v) is 11.9. The number of aromatic nitrogens is 2. The number of hydrogen-bond acceptors (Lipinski definition) is 5. The van der Waals surface area contributed by atoms with Crippen molar-refractivity contribution in [3.8, 4) is 17.0 Å². The maximum Gasteiger partial charge on any atom is 0.242 e. The Hall–Kier alpha value is -2.75. The summed E-state index contributed by atoms with van der Waals surface area (Å²) in [5, 5.41) is 7.21. The smallest absolute Gasteiger partial charge is 0.242 e. The molecule has 0 aliphatic carbocycles. The third-order valence-electron chi connectivity index (χ3n) is 4.92. The van der Waals surface area contributed by atoms with Crippen molar-refractivity contribution in [2.45, 2.75) is 24.7 Å². The van der Waals surface area contributed by atoms with Crippen molar-refractivity contribution in [2.75, 3.05) is 33.4 Å². The van der Waals surface area contributed by atoms with E-state index in [2.05, 4.69) is 10.2 Å². The topological polar surface area (TPSA) is 84.5 Å². The molecule has 1 N–H and O–H groups in total. The van der Waals surface area contributed by atoms with E-state index in [1.54, 1.807) is 43.4 Å². The van der Waals surface area contributed by atoms with Crippen LogP contribution in [0.3, 0.4) is 0 Å². The van der Waals surface area contributed by atoms with Crippen LogP contribution < -0.4 is 4.74 Å². The minimum absolute atomic E-state index is 0.220. The van der Waals surface area contributed by atoms with Crippen LogP contribution in [0.4, 0.5) is 4.39 Å². The van der Waals surface area contributed by atoms with E-state index in [4.69, 9.17) is 9.47 Å². The number of sulfonamides is 1. The van der Waals surface area contributed by atoms with Crippen LogP contribution in [0.15, 0.2) is 59.5 Å². The van der Waals surface area contributed by atoms with E-state index in [1.807, 2.05) is 13.0 Å². The molecule has 0 fully saturated rings.